The molecular weight excluding hydrogens is 534 g/mol. The zero-order chi connectivity index (χ0) is 25.7. The number of hydrogen-bond donors (Lipinski definition) is 2. The molecule has 2 aromatic rings. The minimum absolute atomic E-state index is 0.0455. The highest BCUT2D eigenvalue weighted by atomic mass is 79.9. The fourth-order valence-electron chi connectivity index (χ4n) is 3.77. The van der Waals surface area contributed by atoms with E-state index in [9.17, 15) is 19.6 Å². The third-order valence-corrected chi connectivity index (χ3v) is 7.38. The molecule has 0 saturated carbocycles. The first-order chi connectivity index (χ1) is 16.7. The second-order valence-corrected chi connectivity index (χ2v) is 9.64. The van der Waals surface area contributed by atoms with E-state index in [-0.39, 0.29) is 22.3 Å². The molecule has 8 nitrogen and oxygen atoms in total. The van der Waals surface area contributed by atoms with Gasteiger partial charge in [0.25, 0.3) is 0 Å². The number of thioether (sulfide) groups is 1. The number of nitrogens with zero attached hydrogens (tertiary/aromatic N) is 1. The SMILES string of the molecule is COC(=O)[C@H]1C(=O)NC(SCC(=O)Nc2cccc(C)c2C)=C(C#N)[C@@H]1c1ccc(OC)c(Br)c1. The van der Waals surface area contributed by atoms with Gasteiger partial charge in [-0.1, -0.05) is 30.0 Å². The Hall–Kier alpha value is -3.29. The molecule has 2 atom stereocenters. The number of hydrogen-bond acceptors (Lipinski definition) is 7. The Labute approximate surface area is 216 Å². The summed E-state index contributed by atoms with van der Waals surface area (Å²) in [5, 5.41) is 15.7. The molecule has 182 valence electrons. The number of carbonyl (C=O) groups is 3. The maximum absolute atomic E-state index is 13.0. The van der Waals surface area contributed by atoms with Crippen LogP contribution in [0.1, 0.15) is 22.6 Å². The lowest BCUT2D eigenvalue weighted by Gasteiger charge is -2.31. The molecule has 0 aliphatic carbocycles. The van der Waals surface area contributed by atoms with E-state index in [1.807, 2.05) is 32.0 Å². The van der Waals surface area contributed by atoms with Gasteiger partial charge in [-0.05, 0) is 64.7 Å². The van der Waals surface area contributed by atoms with Gasteiger partial charge in [0, 0.05) is 11.6 Å². The van der Waals surface area contributed by atoms with E-state index < -0.39 is 23.7 Å². The summed E-state index contributed by atoms with van der Waals surface area (Å²) >= 11 is 4.44. The molecule has 2 N–H and O–H groups in total. The van der Waals surface area contributed by atoms with E-state index in [2.05, 4.69) is 32.6 Å². The van der Waals surface area contributed by atoms with Gasteiger partial charge in [-0.2, -0.15) is 5.26 Å². The van der Waals surface area contributed by atoms with Crippen molar-refractivity contribution in [3.05, 3.63) is 68.2 Å². The van der Waals surface area contributed by atoms with E-state index >= 15 is 0 Å². The average Bonchev–Trinajstić information content (AvgIpc) is 2.84. The number of anilines is 1. The van der Waals surface area contributed by atoms with Crippen LogP contribution in [0.15, 0.2) is 51.5 Å². The Morgan fingerprint density at radius 2 is 1.97 bits per heavy atom. The number of halogens is 1. The standard InChI is InChI=1S/C25H24BrN3O5S/c1-13-6-5-7-18(14(13)2)28-20(30)12-35-24-16(11-27)21(22(23(31)29-24)25(32)34-4)15-8-9-19(33-3)17(26)10-15/h5-10,21-22H,12H2,1-4H3,(H,28,30)(H,29,31)/t21-,22+/m0/s1. The van der Waals surface area contributed by atoms with Gasteiger partial charge >= 0.3 is 5.97 Å². The number of allylic oxidation sites excluding steroid dienone is 1. The van der Waals surface area contributed by atoms with E-state index in [1.54, 1.807) is 18.2 Å². The number of carbonyl (C=O) groups excluding carboxylic acids is 3. The second kappa shape index (κ2) is 11.4. The van der Waals surface area contributed by atoms with Crippen molar-refractivity contribution < 1.29 is 23.9 Å². The van der Waals surface area contributed by atoms with E-state index in [1.165, 1.54) is 14.2 Å². The summed E-state index contributed by atoms with van der Waals surface area (Å²) in [6, 6.07) is 12.8. The van der Waals surface area contributed by atoms with Crippen LogP contribution in [0.25, 0.3) is 0 Å². The van der Waals surface area contributed by atoms with E-state index in [0.717, 1.165) is 22.9 Å². The predicted molar refractivity (Wildman–Crippen MR) is 137 cm³/mol. The van der Waals surface area contributed by atoms with E-state index in [0.29, 0.717) is 21.5 Å². The number of amides is 2. The highest BCUT2D eigenvalue weighted by molar-refractivity contribution is 9.10. The van der Waals surface area contributed by atoms with Crippen LogP contribution >= 0.6 is 27.7 Å². The molecule has 10 heteroatoms. The predicted octanol–water partition coefficient (Wildman–Crippen LogP) is 4.18. The maximum Gasteiger partial charge on any atom is 0.319 e. The minimum atomic E-state index is -1.26. The number of methoxy groups -OCH3 is 2. The quantitative estimate of drug-likeness (QED) is 0.387. The molecule has 0 bridgehead atoms. The van der Waals surface area contributed by atoms with Gasteiger partial charge in [0.2, 0.25) is 11.8 Å². The largest absolute Gasteiger partial charge is 0.496 e. The maximum atomic E-state index is 13.0. The molecule has 1 aliphatic heterocycles. The van der Waals surface area contributed by atoms with Gasteiger partial charge in [-0.3, -0.25) is 14.4 Å². The highest BCUT2D eigenvalue weighted by Crippen LogP contribution is 2.42. The summed E-state index contributed by atoms with van der Waals surface area (Å²) in [6.45, 7) is 3.87. The Morgan fingerprint density at radius 1 is 1.23 bits per heavy atom. The van der Waals surface area contributed by atoms with Gasteiger partial charge in [0.05, 0.1) is 41.1 Å². The number of esters is 1. The van der Waals surface area contributed by atoms with Crippen LogP contribution in [-0.2, 0) is 19.1 Å². The second-order valence-electron chi connectivity index (χ2n) is 7.80. The summed E-state index contributed by atoms with van der Waals surface area (Å²) in [5.41, 5.74) is 3.43. The fourth-order valence-corrected chi connectivity index (χ4v) is 5.17. The number of nitriles is 1. The fraction of sp³-hybridized carbons (Fsp3) is 0.280. The number of nitrogens with one attached hydrogen (secondary N) is 2. The van der Waals surface area contributed by atoms with Crippen LogP contribution in [0.2, 0.25) is 0 Å². The lowest BCUT2D eigenvalue weighted by atomic mass is 9.78. The number of ether oxygens (including phenoxy) is 2. The van der Waals surface area contributed by atoms with Gasteiger partial charge in [-0.25, -0.2) is 0 Å². The summed E-state index contributed by atoms with van der Waals surface area (Å²) < 4.78 is 10.7. The first kappa shape index (κ1) is 26.3. The van der Waals surface area contributed by atoms with Crippen LogP contribution in [0, 0.1) is 31.1 Å². The summed E-state index contributed by atoms with van der Waals surface area (Å²) in [5.74, 6) is -3.30. The van der Waals surface area contributed by atoms with Gasteiger partial charge in [0.15, 0.2) is 0 Å². The molecule has 1 aliphatic rings. The topological polar surface area (TPSA) is 118 Å². The van der Waals surface area contributed by atoms with Gasteiger partial charge < -0.3 is 20.1 Å². The molecule has 0 spiro atoms. The molecule has 0 radical (unpaired) electrons. The van der Waals surface area contributed by atoms with Crippen LogP contribution in [-0.4, -0.2) is 37.8 Å². The van der Waals surface area contributed by atoms with Crippen LogP contribution in [0.3, 0.4) is 0 Å². The molecule has 3 rings (SSSR count). The third-order valence-electron chi connectivity index (χ3n) is 5.75. The van der Waals surface area contributed by atoms with Crippen molar-refractivity contribution in [3.63, 3.8) is 0 Å². The van der Waals surface area contributed by atoms with Crippen LogP contribution in [0.4, 0.5) is 5.69 Å². The molecule has 0 fully saturated rings. The molecule has 1 heterocycles. The third kappa shape index (κ3) is 5.69. The number of benzene rings is 2. The van der Waals surface area contributed by atoms with E-state index in [4.69, 9.17) is 9.47 Å². The lowest BCUT2D eigenvalue weighted by molar-refractivity contribution is -0.150. The normalized spacial score (nSPS) is 17.3. The molecule has 0 aromatic heterocycles. The van der Waals surface area contributed by atoms with Crippen molar-refractivity contribution in [3.8, 4) is 11.8 Å². The molecule has 35 heavy (non-hydrogen) atoms. The highest BCUT2D eigenvalue weighted by Gasteiger charge is 2.44. The molecular formula is C25H24BrN3O5S. The van der Waals surface area contributed by atoms with Crippen molar-refractivity contribution in [1.82, 2.24) is 5.32 Å². The van der Waals surface area contributed by atoms with Crippen molar-refractivity contribution in [2.45, 2.75) is 19.8 Å². The van der Waals surface area contributed by atoms with Gasteiger partial charge in [0.1, 0.15) is 11.7 Å². The molecule has 2 amide bonds. The summed E-state index contributed by atoms with van der Waals surface area (Å²) in [4.78, 5) is 38.2. The molecule has 0 unspecified atom stereocenters. The van der Waals surface area contributed by atoms with Crippen LogP contribution < -0.4 is 15.4 Å². The van der Waals surface area contributed by atoms with Crippen molar-refractivity contribution in [1.29, 1.82) is 5.26 Å². The Balaban J connectivity index is 1.93. The Kier molecular flexibility index (Phi) is 8.59. The van der Waals surface area contributed by atoms with Crippen LogP contribution in [0.5, 0.6) is 5.75 Å². The summed E-state index contributed by atoms with van der Waals surface area (Å²) in [6.07, 6.45) is 0. The Morgan fingerprint density at radius 3 is 2.60 bits per heavy atom. The zero-order valence-electron chi connectivity index (χ0n) is 19.6. The number of aryl methyl sites for hydroxylation is 1. The monoisotopic (exact) mass is 557 g/mol. The minimum Gasteiger partial charge on any atom is -0.496 e. The smallest absolute Gasteiger partial charge is 0.319 e. The first-order valence-corrected chi connectivity index (χ1v) is 12.3. The van der Waals surface area contributed by atoms with Crippen molar-refractivity contribution >= 4 is 51.2 Å². The average molecular weight is 558 g/mol. The van der Waals surface area contributed by atoms with Gasteiger partial charge in [-0.15, -0.1) is 0 Å². The Bertz CT molecular complexity index is 1250. The first-order valence-electron chi connectivity index (χ1n) is 10.6. The lowest BCUT2D eigenvalue weighted by Crippen LogP contribution is -2.44. The molecule has 2 aromatic carbocycles. The molecule has 0 saturated heterocycles. The van der Waals surface area contributed by atoms with Crippen molar-refractivity contribution in [2.24, 2.45) is 5.92 Å². The summed E-state index contributed by atoms with van der Waals surface area (Å²) in [7, 11) is 2.71. The number of rotatable bonds is 7. The zero-order valence-corrected chi connectivity index (χ0v) is 22.0. The van der Waals surface area contributed by atoms with Crippen molar-refractivity contribution in [2.75, 3.05) is 25.3 Å².